The van der Waals surface area contributed by atoms with Gasteiger partial charge >= 0.3 is 0 Å². The molecule has 2 aromatic rings. The molecule has 9 nitrogen and oxygen atoms in total. The van der Waals surface area contributed by atoms with Crippen LogP contribution in [-0.4, -0.2) is 56.9 Å². The third-order valence-corrected chi connectivity index (χ3v) is 5.58. The maximum atomic E-state index is 12.2. The maximum absolute atomic E-state index is 12.2. The zero-order chi connectivity index (χ0) is 27.8. The average Bonchev–Trinajstić information content (AvgIpc) is 2.92. The minimum absolute atomic E-state index is 0.0923. The molecule has 0 fully saturated rings. The molecule has 2 amide bonds. The minimum Gasteiger partial charge on any atom is -0.357 e. The lowest BCUT2D eigenvalue weighted by molar-refractivity contribution is -0.109. The number of hydrogen-bond acceptors (Lipinski definition) is 7. The van der Waals surface area contributed by atoms with Crippen molar-refractivity contribution in [3.05, 3.63) is 95.0 Å². The number of anilines is 1. The highest BCUT2D eigenvalue weighted by molar-refractivity contribution is 5.94. The number of allylic oxidation sites excluding steroid dienone is 2. The topological polar surface area (TPSA) is 115 Å². The summed E-state index contributed by atoms with van der Waals surface area (Å²) in [5, 5.41) is 12.0. The van der Waals surface area contributed by atoms with Crippen LogP contribution >= 0.6 is 0 Å². The molecule has 1 aliphatic heterocycles. The predicted molar refractivity (Wildman–Crippen MR) is 154 cm³/mol. The lowest BCUT2D eigenvalue weighted by atomic mass is 10.0. The molecule has 0 aromatic heterocycles. The molecule has 1 aliphatic rings. The molecule has 1 heterocycles. The van der Waals surface area contributed by atoms with Crippen molar-refractivity contribution in [2.24, 2.45) is 4.99 Å². The number of aryl methyl sites for hydroxylation is 1. The van der Waals surface area contributed by atoms with Crippen LogP contribution in [0.4, 0.5) is 5.69 Å². The van der Waals surface area contributed by atoms with Gasteiger partial charge in [-0.1, -0.05) is 12.1 Å². The van der Waals surface area contributed by atoms with Gasteiger partial charge < -0.3 is 31.0 Å². The molecule has 0 spiro atoms. The Labute approximate surface area is 224 Å². The zero-order valence-corrected chi connectivity index (χ0v) is 22.2. The van der Waals surface area contributed by atoms with Gasteiger partial charge in [0.25, 0.3) is 5.91 Å². The van der Waals surface area contributed by atoms with Gasteiger partial charge in [0.15, 0.2) is 0 Å². The van der Waals surface area contributed by atoms with Crippen LogP contribution in [0.1, 0.15) is 34.0 Å². The number of likely N-dealkylation sites (N-methyl/N-ethyl adjacent to an activating group) is 1. The van der Waals surface area contributed by atoms with E-state index in [2.05, 4.69) is 56.1 Å². The van der Waals surface area contributed by atoms with Crippen molar-refractivity contribution in [1.29, 1.82) is 0 Å². The second kappa shape index (κ2) is 16.3. The van der Waals surface area contributed by atoms with Gasteiger partial charge in [-0.3, -0.25) is 14.6 Å². The van der Waals surface area contributed by atoms with E-state index in [0.717, 1.165) is 46.6 Å². The Hall–Kier alpha value is -4.50. The third-order valence-electron chi connectivity index (χ3n) is 5.58. The Bertz CT molecular complexity index is 1190. The normalized spacial score (nSPS) is 12.4. The highest BCUT2D eigenvalue weighted by Gasteiger charge is 2.16. The van der Waals surface area contributed by atoms with Gasteiger partial charge in [0, 0.05) is 54.7 Å². The monoisotopic (exact) mass is 516 g/mol. The van der Waals surface area contributed by atoms with Crippen molar-refractivity contribution in [1.82, 2.24) is 20.9 Å². The molecule has 200 valence electrons. The van der Waals surface area contributed by atoms with Gasteiger partial charge in [0.2, 0.25) is 6.41 Å². The van der Waals surface area contributed by atoms with E-state index in [0.29, 0.717) is 31.6 Å². The lowest BCUT2D eigenvalue weighted by Crippen LogP contribution is -2.30. The Morgan fingerprint density at radius 3 is 2.50 bits per heavy atom. The van der Waals surface area contributed by atoms with Gasteiger partial charge in [0.1, 0.15) is 6.29 Å². The number of benzene rings is 2. The Balaban J connectivity index is 0.00000161. The number of hydrogen-bond donors (Lipinski definition) is 4. The van der Waals surface area contributed by atoms with E-state index in [1.54, 1.807) is 6.20 Å². The van der Waals surface area contributed by atoms with Crippen molar-refractivity contribution in [3.8, 4) is 0 Å². The third kappa shape index (κ3) is 9.18. The summed E-state index contributed by atoms with van der Waals surface area (Å²) in [6, 6.07) is 13.6. The number of nitrogens with zero attached hydrogens (tertiary/aromatic N) is 2. The number of rotatable bonds is 12. The van der Waals surface area contributed by atoms with Crippen LogP contribution in [0.25, 0.3) is 5.70 Å². The van der Waals surface area contributed by atoms with Crippen molar-refractivity contribution >= 4 is 36.7 Å². The molecule has 0 aliphatic carbocycles. The largest absolute Gasteiger partial charge is 0.357 e. The predicted octanol–water partition coefficient (Wildman–Crippen LogP) is 3.22. The molecular formula is C29H36N6O3. The summed E-state index contributed by atoms with van der Waals surface area (Å²) in [5.74, 6) is -0.0923. The van der Waals surface area contributed by atoms with Crippen LogP contribution in [0.3, 0.4) is 0 Å². The van der Waals surface area contributed by atoms with Crippen molar-refractivity contribution < 1.29 is 14.4 Å². The molecule has 0 unspecified atom stereocenters. The van der Waals surface area contributed by atoms with Crippen LogP contribution in [0.5, 0.6) is 0 Å². The molecule has 0 saturated carbocycles. The van der Waals surface area contributed by atoms with Crippen LogP contribution in [0.2, 0.25) is 0 Å². The van der Waals surface area contributed by atoms with E-state index in [1.165, 1.54) is 6.92 Å². The smallest absolute Gasteiger partial charge is 0.251 e. The number of carbonyl (C=O) groups is 3. The van der Waals surface area contributed by atoms with E-state index in [1.807, 2.05) is 56.6 Å². The van der Waals surface area contributed by atoms with Gasteiger partial charge in [-0.2, -0.15) is 0 Å². The summed E-state index contributed by atoms with van der Waals surface area (Å²) in [5.41, 5.74) is 6.72. The first-order valence-corrected chi connectivity index (χ1v) is 12.2. The summed E-state index contributed by atoms with van der Waals surface area (Å²) < 4.78 is 0. The van der Waals surface area contributed by atoms with E-state index in [-0.39, 0.29) is 5.91 Å². The summed E-state index contributed by atoms with van der Waals surface area (Å²) in [6.45, 7) is 9.39. The van der Waals surface area contributed by atoms with Crippen molar-refractivity contribution in [3.63, 3.8) is 0 Å². The molecule has 4 N–H and O–H groups in total. The summed E-state index contributed by atoms with van der Waals surface area (Å²) in [4.78, 5) is 37.7. The highest BCUT2D eigenvalue weighted by Crippen LogP contribution is 2.27. The number of aldehydes is 1. The summed E-state index contributed by atoms with van der Waals surface area (Å²) in [6.07, 6.45) is 9.09. The Kier molecular flexibility index (Phi) is 12.7. The standard InChI is InChI=1S/C27H32N6O2.C2H4O/c1-20-4-5-22(16-23(20)17-30-19-34)26-11-10-25(18-33(26)15-14-29-3)32-24-8-6-21(7-9-24)27(35)31-13-12-28-2;1-2-3/h4-11,14-16,19,28,32H,3,12-13,17-18H2,1-2H3,(H,30,34)(H,31,35);2H,1H3/b15-14-;. The SMILES string of the molecule is C=N/C=C\N1CC(Nc2ccc(C(=O)NCCNC)cc2)=CC=C1c1ccc(C)c(CNC=O)c1.CC=O. The Morgan fingerprint density at radius 1 is 1.11 bits per heavy atom. The van der Waals surface area contributed by atoms with Crippen molar-refractivity contribution in [2.45, 2.75) is 20.4 Å². The first-order valence-electron chi connectivity index (χ1n) is 12.2. The average molecular weight is 517 g/mol. The Morgan fingerprint density at radius 2 is 1.84 bits per heavy atom. The molecule has 3 rings (SSSR count). The van der Waals surface area contributed by atoms with Gasteiger partial charge in [0.05, 0.1) is 6.54 Å². The van der Waals surface area contributed by atoms with Crippen LogP contribution in [-0.2, 0) is 16.1 Å². The maximum Gasteiger partial charge on any atom is 0.251 e. The van der Waals surface area contributed by atoms with E-state index >= 15 is 0 Å². The molecule has 9 heteroatoms. The van der Waals surface area contributed by atoms with E-state index in [4.69, 9.17) is 4.79 Å². The number of amides is 2. The molecule has 0 saturated heterocycles. The highest BCUT2D eigenvalue weighted by atomic mass is 16.1. The van der Waals surface area contributed by atoms with Crippen LogP contribution in [0, 0.1) is 6.92 Å². The minimum atomic E-state index is -0.0923. The van der Waals surface area contributed by atoms with E-state index in [9.17, 15) is 9.59 Å². The lowest BCUT2D eigenvalue weighted by Gasteiger charge is -2.29. The molecule has 2 aromatic carbocycles. The number of aliphatic imine (C=N–C) groups is 1. The second-order valence-corrected chi connectivity index (χ2v) is 8.29. The van der Waals surface area contributed by atoms with Gasteiger partial charge in [-0.15, -0.1) is 0 Å². The van der Waals surface area contributed by atoms with Crippen LogP contribution < -0.4 is 21.3 Å². The first-order chi connectivity index (χ1) is 18.5. The van der Waals surface area contributed by atoms with E-state index < -0.39 is 0 Å². The number of carbonyl (C=O) groups excluding carboxylic acids is 3. The molecule has 0 bridgehead atoms. The summed E-state index contributed by atoms with van der Waals surface area (Å²) in [7, 11) is 1.85. The first kappa shape index (κ1) is 29.7. The van der Waals surface area contributed by atoms with Crippen LogP contribution in [0.15, 0.2) is 77.7 Å². The molecule has 0 radical (unpaired) electrons. The second-order valence-electron chi connectivity index (χ2n) is 8.29. The quantitative estimate of drug-likeness (QED) is 0.196. The fourth-order valence-corrected chi connectivity index (χ4v) is 3.67. The fraction of sp³-hybridized carbons (Fsp3) is 0.241. The van der Waals surface area contributed by atoms with Gasteiger partial charge in [-0.25, -0.2) is 0 Å². The van der Waals surface area contributed by atoms with Gasteiger partial charge in [-0.05, 0) is 86.8 Å². The molecule has 38 heavy (non-hydrogen) atoms. The number of nitrogens with one attached hydrogen (secondary N) is 4. The zero-order valence-electron chi connectivity index (χ0n) is 22.2. The summed E-state index contributed by atoms with van der Waals surface area (Å²) >= 11 is 0. The molecular weight excluding hydrogens is 480 g/mol. The fourth-order valence-electron chi connectivity index (χ4n) is 3.67. The molecule has 0 atom stereocenters. The van der Waals surface area contributed by atoms with Crippen molar-refractivity contribution in [2.75, 3.05) is 32.0 Å².